The van der Waals surface area contributed by atoms with Crippen LogP contribution in [0.4, 0.5) is 0 Å². The molecule has 1 N–H and O–H groups in total. The molecule has 4 aliphatic heterocycles. The average molecular weight is 366 g/mol. The van der Waals surface area contributed by atoms with E-state index >= 15 is 0 Å². The van der Waals surface area contributed by atoms with Crippen molar-refractivity contribution in [2.24, 2.45) is 5.92 Å². The monoisotopic (exact) mass is 366 g/mol. The Morgan fingerprint density at radius 1 is 1.15 bits per heavy atom. The molecule has 2 aromatic rings. The zero-order valence-electron chi connectivity index (χ0n) is 15.9. The second-order valence-electron chi connectivity index (χ2n) is 8.40. The number of fused-ring (bicyclic) bond motifs is 1. The standard InChI is InChI=1S/C21H26N4O2/c1-14-18(15(2)27-23-14)20(26)22-19-16-10-24-8-9-25(11-16)13-21(19,12-24)17-6-4-3-5-7-17/h3-7,16,19H,8-13H2,1-2H3,(H,22,26)/t16?,19-,21?/m0/s1. The van der Waals surface area contributed by atoms with Crippen molar-refractivity contribution in [1.82, 2.24) is 20.3 Å². The van der Waals surface area contributed by atoms with Gasteiger partial charge in [0.05, 0.1) is 5.69 Å². The first-order valence-electron chi connectivity index (χ1n) is 9.81. The van der Waals surface area contributed by atoms with Gasteiger partial charge in [0, 0.05) is 56.6 Å². The quantitative estimate of drug-likeness (QED) is 0.894. The third kappa shape index (κ3) is 2.62. The third-order valence-corrected chi connectivity index (χ3v) is 6.69. The highest BCUT2D eigenvalue weighted by Gasteiger charge is 2.55. The van der Waals surface area contributed by atoms with Crippen LogP contribution in [0.2, 0.25) is 0 Å². The maximum atomic E-state index is 13.2. The van der Waals surface area contributed by atoms with Crippen LogP contribution >= 0.6 is 0 Å². The Morgan fingerprint density at radius 2 is 1.81 bits per heavy atom. The lowest BCUT2D eigenvalue weighted by atomic mass is 9.64. The van der Waals surface area contributed by atoms with Crippen LogP contribution in [-0.2, 0) is 5.41 Å². The van der Waals surface area contributed by atoms with E-state index in [0.29, 0.717) is 22.9 Å². The Labute approximate surface area is 159 Å². The van der Waals surface area contributed by atoms with Crippen molar-refractivity contribution >= 4 is 5.91 Å². The van der Waals surface area contributed by atoms with Gasteiger partial charge in [-0.2, -0.15) is 0 Å². The maximum Gasteiger partial charge on any atom is 0.257 e. The lowest BCUT2D eigenvalue weighted by molar-refractivity contribution is 0.0180. The first-order chi connectivity index (χ1) is 13.1. The number of nitrogens with one attached hydrogen (secondary N) is 1. The Balaban J connectivity index is 1.55. The number of piperidine rings is 2. The fourth-order valence-corrected chi connectivity index (χ4v) is 5.59. The van der Waals surface area contributed by atoms with E-state index in [4.69, 9.17) is 4.52 Å². The third-order valence-electron chi connectivity index (χ3n) is 6.69. The van der Waals surface area contributed by atoms with E-state index in [2.05, 4.69) is 50.6 Å². The number of aromatic nitrogens is 1. The molecule has 4 bridgehead atoms. The molecule has 1 amide bonds. The van der Waals surface area contributed by atoms with Gasteiger partial charge in [-0.05, 0) is 19.4 Å². The molecule has 4 fully saturated rings. The van der Waals surface area contributed by atoms with Gasteiger partial charge in [0.15, 0.2) is 0 Å². The summed E-state index contributed by atoms with van der Waals surface area (Å²) in [6, 6.07) is 10.9. The van der Waals surface area contributed by atoms with Crippen LogP contribution in [0.5, 0.6) is 0 Å². The molecular formula is C21H26N4O2. The smallest absolute Gasteiger partial charge is 0.257 e. The summed E-state index contributed by atoms with van der Waals surface area (Å²) in [7, 11) is 0. The van der Waals surface area contributed by atoms with Crippen LogP contribution in [0.25, 0.3) is 0 Å². The summed E-state index contributed by atoms with van der Waals surface area (Å²) in [6.45, 7) is 9.98. The van der Waals surface area contributed by atoms with E-state index in [1.54, 1.807) is 6.92 Å². The number of hydrogen-bond donors (Lipinski definition) is 1. The molecule has 0 spiro atoms. The number of nitrogens with zero attached hydrogens (tertiary/aromatic N) is 3. The minimum atomic E-state index is -0.0758. The molecule has 3 atom stereocenters. The Morgan fingerprint density at radius 3 is 2.41 bits per heavy atom. The van der Waals surface area contributed by atoms with Crippen LogP contribution in [-0.4, -0.2) is 66.2 Å². The molecule has 27 heavy (non-hydrogen) atoms. The fourth-order valence-electron chi connectivity index (χ4n) is 5.59. The maximum absolute atomic E-state index is 13.2. The molecule has 142 valence electrons. The minimum Gasteiger partial charge on any atom is -0.361 e. The van der Waals surface area contributed by atoms with Crippen molar-refractivity contribution in [2.45, 2.75) is 25.3 Å². The number of hydrogen-bond acceptors (Lipinski definition) is 5. The first kappa shape index (κ1) is 17.0. The SMILES string of the molecule is Cc1noc(C)c1C(=O)N[C@H]1C2CN3CCN(C2)CC1(c1ccccc1)C3. The molecule has 0 saturated carbocycles. The Hall–Kier alpha value is -2.18. The van der Waals surface area contributed by atoms with E-state index in [9.17, 15) is 4.79 Å². The summed E-state index contributed by atoms with van der Waals surface area (Å²) in [5.41, 5.74) is 2.50. The second kappa shape index (κ2) is 6.17. The van der Waals surface area contributed by atoms with Crippen molar-refractivity contribution in [3.63, 3.8) is 0 Å². The number of aryl methyl sites for hydroxylation is 2. The topological polar surface area (TPSA) is 61.6 Å². The van der Waals surface area contributed by atoms with E-state index < -0.39 is 0 Å². The van der Waals surface area contributed by atoms with E-state index in [1.807, 2.05) is 6.92 Å². The van der Waals surface area contributed by atoms with Crippen molar-refractivity contribution in [3.8, 4) is 0 Å². The lowest BCUT2D eigenvalue weighted by Crippen LogP contribution is -2.70. The predicted octanol–water partition coefficient (Wildman–Crippen LogP) is 1.59. The van der Waals surface area contributed by atoms with Crippen molar-refractivity contribution in [2.75, 3.05) is 39.3 Å². The molecule has 6 rings (SSSR count). The van der Waals surface area contributed by atoms with Crippen molar-refractivity contribution in [1.29, 1.82) is 0 Å². The van der Waals surface area contributed by atoms with Crippen LogP contribution in [0.15, 0.2) is 34.9 Å². The van der Waals surface area contributed by atoms with Crippen LogP contribution in [0.3, 0.4) is 0 Å². The number of rotatable bonds is 3. The summed E-state index contributed by atoms with van der Waals surface area (Å²) >= 11 is 0. The summed E-state index contributed by atoms with van der Waals surface area (Å²) in [5, 5.41) is 7.38. The van der Waals surface area contributed by atoms with Crippen LogP contribution in [0.1, 0.15) is 27.4 Å². The van der Waals surface area contributed by atoms with Crippen LogP contribution < -0.4 is 5.32 Å². The summed E-state index contributed by atoms with van der Waals surface area (Å²) in [6.07, 6.45) is 0. The van der Waals surface area contributed by atoms with Gasteiger partial charge in [-0.15, -0.1) is 0 Å². The summed E-state index contributed by atoms with van der Waals surface area (Å²) in [5.74, 6) is 0.967. The van der Waals surface area contributed by atoms with Crippen molar-refractivity contribution < 1.29 is 9.32 Å². The molecule has 6 heteroatoms. The molecule has 1 aromatic carbocycles. The first-order valence-corrected chi connectivity index (χ1v) is 9.81. The van der Waals surface area contributed by atoms with Gasteiger partial charge in [0.2, 0.25) is 0 Å². The molecule has 4 saturated heterocycles. The molecule has 1 aromatic heterocycles. The fraction of sp³-hybridized carbons (Fsp3) is 0.524. The number of amides is 1. The zero-order chi connectivity index (χ0) is 18.6. The van der Waals surface area contributed by atoms with Gasteiger partial charge >= 0.3 is 0 Å². The predicted molar refractivity (Wildman–Crippen MR) is 102 cm³/mol. The van der Waals surface area contributed by atoms with Gasteiger partial charge in [0.25, 0.3) is 5.91 Å². The number of carbonyl (C=O) groups is 1. The molecule has 0 aliphatic carbocycles. The second-order valence-corrected chi connectivity index (χ2v) is 8.40. The zero-order valence-corrected chi connectivity index (χ0v) is 15.9. The largest absolute Gasteiger partial charge is 0.361 e. The van der Waals surface area contributed by atoms with Gasteiger partial charge in [-0.1, -0.05) is 35.5 Å². The lowest BCUT2D eigenvalue weighted by Gasteiger charge is -2.55. The molecule has 2 unspecified atom stereocenters. The van der Waals surface area contributed by atoms with Gasteiger partial charge in [0.1, 0.15) is 11.3 Å². The highest BCUT2D eigenvalue weighted by atomic mass is 16.5. The average Bonchev–Trinajstić information content (AvgIpc) is 2.83. The van der Waals surface area contributed by atoms with E-state index in [-0.39, 0.29) is 17.4 Å². The number of benzene rings is 1. The van der Waals surface area contributed by atoms with Gasteiger partial charge in [-0.25, -0.2) is 0 Å². The van der Waals surface area contributed by atoms with Gasteiger partial charge < -0.3 is 19.6 Å². The normalized spacial score (nSPS) is 34.4. The van der Waals surface area contributed by atoms with E-state index in [1.165, 1.54) is 5.56 Å². The molecular weight excluding hydrogens is 340 g/mol. The van der Waals surface area contributed by atoms with Crippen molar-refractivity contribution in [3.05, 3.63) is 52.9 Å². The Bertz CT molecular complexity index is 827. The molecule has 0 radical (unpaired) electrons. The molecule has 6 nitrogen and oxygen atoms in total. The number of carbonyl (C=O) groups excluding carboxylic acids is 1. The minimum absolute atomic E-state index is 0.0531. The highest BCUT2D eigenvalue weighted by molar-refractivity contribution is 5.96. The van der Waals surface area contributed by atoms with E-state index in [0.717, 1.165) is 39.3 Å². The van der Waals surface area contributed by atoms with Crippen LogP contribution in [0, 0.1) is 19.8 Å². The molecule has 5 heterocycles. The highest BCUT2D eigenvalue weighted by Crippen LogP contribution is 2.43. The Kier molecular flexibility index (Phi) is 3.88. The summed E-state index contributed by atoms with van der Waals surface area (Å²) < 4.78 is 5.23. The molecule has 4 aliphatic rings. The van der Waals surface area contributed by atoms with Gasteiger partial charge in [-0.3, -0.25) is 4.79 Å². The summed E-state index contributed by atoms with van der Waals surface area (Å²) in [4.78, 5) is 18.3.